The minimum absolute atomic E-state index is 0.370. The van der Waals surface area contributed by atoms with E-state index in [0.717, 1.165) is 26.9 Å². The Kier molecular flexibility index (Phi) is 8.48. The lowest BCUT2D eigenvalue weighted by Gasteiger charge is -2.15. The van der Waals surface area contributed by atoms with Crippen LogP contribution in [0.2, 0.25) is 0 Å². The van der Waals surface area contributed by atoms with Crippen molar-refractivity contribution in [2.45, 2.75) is 33.0 Å². The van der Waals surface area contributed by atoms with Gasteiger partial charge in [0.1, 0.15) is 6.61 Å². The average Bonchev–Trinajstić information content (AvgIpc) is 2.68. The maximum Gasteiger partial charge on any atom is 0.335 e. The number of hydrogen-bond acceptors (Lipinski definition) is 5. The SMILES string of the molecule is CCO[C@H](Cc1cccc(/C(C)=N/OCc2ccc(Br)cc2)c1)C(=O)OC. The molecule has 6 heteroatoms. The number of rotatable bonds is 9. The molecular weight excluding hydrogens is 410 g/mol. The molecule has 0 saturated heterocycles. The molecule has 0 aliphatic rings. The van der Waals surface area contributed by atoms with Crippen LogP contribution in [0.4, 0.5) is 0 Å². The van der Waals surface area contributed by atoms with Crippen LogP contribution in [0.5, 0.6) is 0 Å². The molecule has 0 radical (unpaired) electrons. The summed E-state index contributed by atoms with van der Waals surface area (Å²) in [6.07, 6.45) is -0.164. The van der Waals surface area contributed by atoms with Gasteiger partial charge in [0.15, 0.2) is 6.10 Å². The Labute approximate surface area is 168 Å². The molecule has 144 valence electrons. The lowest BCUT2D eigenvalue weighted by molar-refractivity contribution is -0.153. The number of nitrogens with zero attached hydrogens (tertiary/aromatic N) is 1. The van der Waals surface area contributed by atoms with Gasteiger partial charge in [0, 0.05) is 17.5 Å². The zero-order chi connectivity index (χ0) is 19.6. The van der Waals surface area contributed by atoms with Gasteiger partial charge in [0.05, 0.1) is 12.8 Å². The van der Waals surface area contributed by atoms with Crippen LogP contribution in [0.25, 0.3) is 0 Å². The zero-order valence-corrected chi connectivity index (χ0v) is 17.4. The summed E-state index contributed by atoms with van der Waals surface area (Å²) in [5.74, 6) is -0.370. The molecule has 0 unspecified atom stereocenters. The molecule has 2 rings (SSSR count). The van der Waals surface area contributed by atoms with Crippen LogP contribution in [0, 0.1) is 0 Å². The number of esters is 1. The van der Waals surface area contributed by atoms with Crippen molar-refractivity contribution in [2.24, 2.45) is 5.16 Å². The Hall–Kier alpha value is -2.18. The first-order chi connectivity index (χ1) is 13.0. The van der Waals surface area contributed by atoms with Gasteiger partial charge < -0.3 is 14.3 Å². The minimum atomic E-state index is -0.610. The second kappa shape index (κ2) is 10.8. The van der Waals surface area contributed by atoms with Crippen LogP contribution in [0.15, 0.2) is 58.2 Å². The largest absolute Gasteiger partial charge is 0.467 e. The Morgan fingerprint density at radius 3 is 2.56 bits per heavy atom. The van der Waals surface area contributed by atoms with E-state index < -0.39 is 6.10 Å². The van der Waals surface area contributed by atoms with Gasteiger partial charge in [-0.3, -0.25) is 0 Å². The number of halogens is 1. The molecule has 1 atom stereocenters. The van der Waals surface area contributed by atoms with Crippen molar-refractivity contribution in [1.29, 1.82) is 0 Å². The van der Waals surface area contributed by atoms with Crippen LogP contribution in [-0.2, 0) is 32.1 Å². The van der Waals surface area contributed by atoms with E-state index in [1.165, 1.54) is 7.11 Å². The van der Waals surface area contributed by atoms with Crippen LogP contribution < -0.4 is 0 Å². The molecule has 5 nitrogen and oxygen atoms in total. The number of methoxy groups -OCH3 is 1. The fraction of sp³-hybridized carbons (Fsp3) is 0.333. The zero-order valence-electron chi connectivity index (χ0n) is 15.8. The average molecular weight is 434 g/mol. The van der Waals surface area contributed by atoms with Gasteiger partial charge >= 0.3 is 5.97 Å². The number of hydrogen-bond donors (Lipinski definition) is 0. The topological polar surface area (TPSA) is 57.1 Å². The van der Waals surface area contributed by atoms with Crippen molar-refractivity contribution in [3.63, 3.8) is 0 Å². The van der Waals surface area contributed by atoms with Crippen molar-refractivity contribution in [1.82, 2.24) is 0 Å². The molecule has 0 heterocycles. The smallest absolute Gasteiger partial charge is 0.335 e. The van der Waals surface area contributed by atoms with Crippen molar-refractivity contribution in [2.75, 3.05) is 13.7 Å². The molecular formula is C21H24BrNO4. The van der Waals surface area contributed by atoms with Gasteiger partial charge in [-0.15, -0.1) is 0 Å². The van der Waals surface area contributed by atoms with Crippen molar-refractivity contribution in [3.05, 3.63) is 69.7 Å². The lowest BCUT2D eigenvalue weighted by Crippen LogP contribution is -2.28. The molecule has 27 heavy (non-hydrogen) atoms. The number of oxime groups is 1. The molecule has 0 aliphatic heterocycles. The van der Waals surface area contributed by atoms with Crippen LogP contribution in [0.3, 0.4) is 0 Å². The van der Waals surface area contributed by atoms with Gasteiger partial charge in [0.25, 0.3) is 0 Å². The number of benzene rings is 2. The summed E-state index contributed by atoms with van der Waals surface area (Å²) in [4.78, 5) is 17.3. The minimum Gasteiger partial charge on any atom is -0.467 e. The maximum absolute atomic E-state index is 11.8. The summed E-state index contributed by atoms with van der Waals surface area (Å²) in [6, 6.07) is 15.7. The van der Waals surface area contributed by atoms with Gasteiger partial charge in [-0.25, -0.2) is 4.79 Å². The van der Waals surface area contributed by atoms with Gasteiger partial charge in [-0.2, -0.15) is 0 Å². The Balaban J connectivity index is 2.01. The molecule has 0 N–H and O–H groups in total. The first kappa shape index (κ1) is 21.1. The number of carbonyl (C=O) groups excluding carboxylic acids is 1. The Bertz CT molecular complexity index is 774. The fourth-order valence-electron chi connectivity index (χ4n) is 2.52. The third kappa shape index (κ3) is 6.81. The van der Waals surface area contributed by atoms with Crippen molar-refractivity contribution >= 4 is 27.6 Å². The first-order valence-corrected chi connectivity index (χ1v) is 9.52. The monoisotopic (exact) mass is 433 g/mol. The maximum atomic E-state index is 11.8. The summed E-state index contributed by atoms with van der Waals surface area (Å²) in [6.45, 7) is 4.59. The van der Waals surface area contributed by atoms with E-state index in [4.69, 9.17) is 14.3 Å². The second-order valence-corrected chi connectivity index (χ2v) is 6.86. The third-order valence-electron chi connectivity index (χ3n) is 3.94. The summed E-state index contributed by atoms with van der Waals surface area (Å²) >= 11 is 3.41. The quantitative estimate of drug-likeness (QED) is 0.331. The van der Waals surface area contributed by atoms with Crippen molar-refractivity contribution in [3.8, 4) is 0 Å². The molecule has 0 aliphatic carbocycles. The predicted molar refractivity (Wildman–Crippen MR) is 109 cm³/mol. The standard InChI is InChI=1S/C21H24BrNO4/c1-4-26-20(21(24)25-3)13-17-6-5-7-18(12-17)15(2)23-27-14-16-8-10-19(22)11-9-16/h5-12,20H,4,13-14H2,1-3H3/b23-15+/t20-/m1/s1. The molecule has 0 spiro atoms. The summed E-state index contributed by atoms with van der Waals surface area (Å²) in [7, 11) is 1.37. The second-order valence-electron chi connectivity index (χ2n) is 5.95. The highest BCUT2D eigenvalue weighted by Gasteiger charge is 2.20. The van der Waals surface area contributed by atoms with E-state index in [9.17, 15) is 4.79 Å². The predicted octanol–water partition coefficient (Wildman–Crippen LogP) is 4.51. The van der Waals surface area contributed by atoms with Crippen molar-refractivity contribution < 1.29 is 19.1 Å². The number of ether oxygens (including phenoxy) is 2. The van der Waals surface area contributed by atoms with Crippen LogP contribution >= 0.6 is 15.9 Å². The highest BCUT2D eigenvalue weighted by Crippen LogP contribution is 2.13. The van der Waals surface area contributed by atoms with Gasteiger partial charge in [-0.05, 0) is 48.7 Å². The highest BCUT2D eigenvalue weighted by atomic mass is 79.9. The van der Waals surface area contributed by atoms with Crippen LogP contribution in [-0.4, -0.2) is 31.5 Å². The van der Waals surface area contributed by atoms with E-state index in [2.05, 4.69) is 21.1 Å². The summed E-state index contributed by atoms with van der Waals surface area (Å²) in [5.41, 5.74) is 3.71. The molecule has 2 aromatic carbocycles. The summed E-state index contributed by atoms with van der Waals surface area (Å²) in [5, 5.41) is 4.20. The molecule has 0 aromatic heterocycles. The number of carbonyl (C=O) groups is 1. The first-order valence-electron chi connectivity index (χ1n) is 8.73. The van der Waals surface area contributed by atoms with E-state index in [1.54, 1.807) is 0 Å². The summed E-state index contributed by atoms with van der Waals surface area (Å²) < 4.78 is 11.3. The fourth-order valence-corrected chi connectivity index (χ4v) is 2.78. The molecule has 2 aromatic rings. The Morgan fingerprint density at radius 1 is 1.15 bits per heavy atom. The van der Waals surface area contributed by atoms with Gasteiger partial charge in [-0.1, -0.05) is 51.4 Å². The third-order valence-corrected chi connectivity index (χ3v) is 4.47. The van der Waals surface area contributed by atoms with E-state index >= 15 is 0 Å². The van der Waals surface area contributed by atoms with Crippen LogP contribution in [0.1, 0.15) is 30.5 Å². The molecule has 0 amide bonds. The van der Waals surface area contributed by atoms with E-state index in [-0.39, 0.29) is 5.97 Å². The van der Waals surface area contributed by atoms with Gasteiger partial charge in [0.2, 0.25) is 0 Å². The Morgan fingerprint density at radius 2 is 1.89 bits per heavy atom. The lowest BCUT2D eigenvalue weighted by atomic mass is 10.0. The van der Waals surface area contributed by atoms with E-state index in [1.807, 2.05) is 62.4 Å². The molecule has 0 fully saturated rings. The molecule has 0 saturated carbocycles. The highest BCUT2D eigenvalue weighted by molar-refractivity contribution is 9.10. The molecule has 0 bridgehead atoms. The van der Waals surface area contributed by atoms with E-state index in [0.29, 0.717) is 19.6 Å². The normalized spacial score (nSPS) is 12.5.